The summed E-state index contributed by atoms with van der Waals surface area (Å²) in [7, 11) is 0. The van der Waals surface area contributed by atoms with Gasteiger partial charge in [-0.3, -0.25) is 9.59 Å². The molecule has 1 heterocycles. The summed E-state index contributed by atoms with van der Waals surface area (Å²) in [5, 5.41) is 6.14. The van der Waals surface area contributed by atoms with Crippen LogP contribution in [-0.2, 0) is 27.2 Å². The molecule has 1 aromatic rings. The Hall–Kier alpha value is -1.89. The largest absolute Gasteiger partial charge is 0.452 e. The molecule has 136 valence electrons. The van der Waals surface area contributed by atoms with Crippen LogP contribution in [0.4, 0.5) is 5.00 Å². The molecule has 0 bridgehead atoms. The average molecular weight is 364 g/mol. The van der Waals surface area contributed by atoms with Gasteiger partial charge in [0.2, 0.25) is 5.91 Å². The molecule has 2 aliphatic carbocycles. The number of carbonyl (C=O) groups excluding carboxylic acids is 3. The van der Waals surface area contributed by atoms with Gasteiger partial charge in [-0.1, -0.05) is 0 Å². The van der Waals surface area contributed by atoms with Crippen LogP contribution in [0.2, 0.25) is 0 Å². The van der Waals surface area contributed by atoms with Crippen molar-refractivity contribution >= 4 is 34.1 Å². The first-order valence-electron chi connectivity index (χ1n) is 8.84. The zero-order chi connectivity index (χ0) is 18.0. The highest BCUT2D eigenvalue weighted by atomic mass is 32.1. The van der Waals surface area contributed by atoms with Gasteiger partial charge in [0.25, 0.3) is 5.91 Å². The fraction of sp³-hybridized carbons (Fsp3) is 0.611. The molecule has 1 fully saturated rings. The van der Waals surface area contributed by atoms with Gasteiger partial charge in [-0.15, -0.1) is 11.3 Å². The number of nitrogens with one attached hydrogen (secondary N) is 2. The van der Waals surface area contributed by atoms with Gasteiger partial charge in [0.05, 0.1) is 5.56 Å². The molecule has 1 aromatic heterocycles. The zero-order valence-corrected chi connectivity index (χ0v) is 15.5. The standard InChI is InChI=1S/C18H24N2O4S/c1-10(12-7-8-12)19-15(22)9-24-18(23)16-13-5-3-4-6-14(13)25-17(16)20-11(2)21/h10,12H,3-9H2,1-2H3,(H,19,22)(H,20,21)/t10-/m0/s1. The molecular weight excluding hydrogens is 340 g/mol. The average Bonchev–Trinajstić information content (AvgIpc) is 3.34. The summed E-state index contributed by atoms with van der Waals surface area (Å²) in [6, 6.07) is 0.120. The first-order valence-corrected chi connectivity index (χ1v) is 9.66. The van der Waals surface area contributed by atoms with Crippen molar-refractivity contribution in [2.24, 2.45) is 5.92 Å². The molecule has 3 rings (SSSR count). The molecule has 1 saturated carbocycles. The minimum Gasteiger partial charge on any atom is -0.452 e. The van der Waals surface area contributed by atoms with E-state index < -0.39 is 5.97 Å². The summed E-state index contributed by atoms with van der Waals surface area (Å²) < 4.78 is 5.24. The lowest BCUT2D eigenvalue weighted by Crippen LogP contribution is -2.37. The number of rotatable bonds is 6. The highest BCUT2D eigenvalue weighted by molar-refractivity contribution is 7.17. The number of fused-ring (bicyclic) bond motifs is 1. The topological polar surface area (TPSA) is 84.5 Å². The first-order chi connectivity index (χ1) is 12.0. The van der Waals surface area contributed by atoms with E-state index >= 15 is 0 Å². The Kier molecular flexibility index (Phi) is 5.42. The van der Waals surface area contributed by atoms with Crippen LogP contribution in [0.1, 0.15) is 60.3 Å². The van der Waals surface area contributed by atoms with Crippen LogP contribution in [0.3, 0.4) is 0 Å². The molecule has 1 atom stereocenters. The third kappa shape index (κ3) is 4.39. The molecule has 2 aliphatic rings. The van der Waals surface area contributed by atoms with Crippen LogP contribution >= 0.6 is 11.3 Å². The molecule has 6 nitrogen and oxygen atoms in total. The van der Waals surface area contributed by atoms with Gasteiger partial charge in [0.15, 0.2) is 6.61 Å². The lowest BCUT2D eigenvalue weighted by atomic mass is 9.95. The third-order valence-corrected chi connectivity index (χ3v) is 5.92. The van der Waals surface area contributed by atoms with Gasteiger partial charge in [-0.05, 0) is 56.9 Å². The maximum absolute atomic E-state index is 12.6. The van der Waals surface area contributed by atoms with E-state index in [4.69, 9.17) is 4.74 Å². The van der Waals surface area contributed by atoms with Crippen LogP contribution in [0.5, 0.6) is 0 Å². The third-order valence-electron chi connectivity index (χ3n) is 4.72. The van der Waals surface area contributed by atoms with Crippen LogP contribution in [0.25, 0.3) is 0 Å². The maximum Gasteiger partial charge on any atom is 0.341 e. The van der Waals surface area contributed by atoms with Crippen molar-refractivity contribution in [2.45, 2.75) is 58.4 Å². The number of thiophene rings is 1. The minimum atomic E-state index is -0.530. The fourth-order valence-electron chi connectivity index (χ4n) is 3.24. The first kappa shape index (κ1) is 17.9. The van der Waals surface area contributed by atoms with E-state index in [-0.39, 0.29) is 24.5 Å². The van der Waals surface area contributed by atoms with Gasteiger partial charge < -0.3 is 15.4 Å². The number of hydrogen-bond donors (Lipinski definition) is 2. The zero-order valence-electron chi connectivity index (χ0n) is 14.6. The highest BCUT2D eigenvalue weighted by Crippen LogP contribution is 2.38. The molecule has 2 N–H and O–H groups in total. The second-order valence-electron chi connectivity index (χ2n) is 6.87. The number of anilines is 1. The van der Waals surface area contributed by atoms with Gasteiger partial charge in [-0.2, -0.15) is 0 Å². The van der Waals surface area contributed by atoms with Crippen LogP contribution in [0, 0.1) is 5.92 Å². The Bertz CT molecular complexity index is 693. The lowest BCUT2D eigenvalue weighted by Gasteiger charge is -2.14. The van der Waals surface area contributed by atoms with Crippen molar-refractivity contribution in [3.05, 3.63) is 16.0 Å². The van der Waals surface area contributed by atoms with Crippen molar-refractivity contribution in [3.8, 4) is 0 Å². The quantitative estimate of drug-likeness (QED) is 0.760. The van der Waals surface area contributed by atoms with E-state index in [1.54, 1.807) is 0 Å². The Morgan fingerprint density at radius 1 is 1.24 bits per heavy atom. The molecule has 0 unspecified atom stereocenters. The number of hydrogen-bond acceptors (Lipinski definition) is 5. The van der Waals surface area contributed by atoms with Gasteiger partial charge in [0.1, 0.15) is 5.00 Å². The summed E-state index contributed by atoms with van der Waals surface area (Å²) in [6.07, 6.45) is 6.11. The molecule has 0 saturated heterocycles. The van der Waals surface area contributed by atoms with Crippen LogP contribution < -0.4 is 10.6 Å². The minimum absolute atomic E-state index is 0.120. The predicted molar refractivity (Wildman–Crippen MR) is 95.9 cm³/mol. The summed E-state index contributed by atoms with van der Waals surface area (Å²) in [6.45, 7) is 3.10. The second kappa shape index (κ2) is 7.56. The number of esters is 1. The molecule has 0 spiro atoms. The van der Waals surface area contributed by atoms with Gasteiger partial charge in [0, 0.05) is 17.8 Å². The number of amides is 2. The van der Waals surface area contributed by atoms with Gasteiger partial charge in [-0.25, -0.2) is 4.79 Å². The molecule has 0 aliphatic heterocycles. The van der Waals surface area contributed by atoms with E-state index in [0.29, 0.717) is 16.5 Å². The van der Waals surface area contributed by atoms with E-state index in [1.165, 1.54) is 18.3 Å². The smallest absolute Gasteiger partial charge is 0.341 e. The monoisotopic (exact) mass is 364 g/mol. The van der Waals surface area contributed by atoms with Crippen molar-refractivity contribution < 1.29 is 19.1 Å². The molecule has 2 amide bonds. The number of aryl methyl sites for hydroxylation is 1. The highest BCUT2D eigenvalue weighted by Gasteiger charge is 2.30. The van der Waals surface area contributed by atoms with E-state index in [1.807, 2.05) is 6.92 Å². The van der Waals surface area contributed by atoms with Crippen molar-refractivity contribution in [2.75, 3.05) is 11.9 Å². The van der Waals surface area contributed by atoms with Crippen molar-refractivity contribution in [1.82, 2.24) is 5.32 Å². The Morgan fingerprint density at radius 2 is 1.96 bits per heavy atom. The Morgan fingerprint density at radius 3 is 2.64 bits per heavy atom. The van der Waals surface area contributed by atoms with Crippen molar-refractivity contribution in [3.63, 3.8) is 0 Å². The predicted octanol–water partition coefficient (Wildman–Crippen LogP) is 2.66. The molecule has 25 heavy (non-hydrogen) atoms. The van der Waals surface area contributed by atoms with E-state index in [0.717, 1.165) is 49.0 Å². The molecule has 0 radical (unpaired) electrons. The summed E-state index contributed by atoms with van der Waals surface area (Å²) in [5.41, 5.74) is 1.40. The Labute approximate surface area is 151 Å². The molecule has 7 heteroatoms. The summed E-state index contributed by atoms with van der Waals surface area (Å²) in [5.74, 6) is -0.478. The SMILES string of the molecule is CC(=O)Nc1sc2c(c1C(=O)OCC(=O)N[C@@H](C)C1CC1)CCCC2. The van der Waals surface area contributed by atoms with E-state index in [2.05, 4.69) is 10.6 Å². The molecular formula is C18H24N2O4S. The number of carbonyl (C=O) groups is 3. The van der Waals surface area contributed by atoms with Crippen LogP contribution in [-0.4, -0.2) is 30.4 Å². The normalized spacial score (nSPS) is 17.4. The number of ether oxygens (including phenoxy) is 1. The fourth-order valence-corrected chi connectivity index (χ4v) is 4.57. The van der Waals surface area contributed by atoms with Crippen molar-refractivity contribution in [1.29, 1.82) is 0 Å². The van der Waals surface area contributed by atoms with Gasteiger partial charge >= 0.3 is 5.97 Å². The summed E-state index contributed by atoms with van der Waals surface area (Å²) in [4.78, 5) is 37.1. The van der Waals surface area contributed by atoms with Crippen LogP contribution in [0.15, 0.2) is 0 Å². The summed E-state index contributed by atoms with van der Waals surface area (Å²) >= 11 is 1.44. The lowest BCUT2D eigenvalue weighted by molar-refractivity contribution is -0.125. The Balaban J connectivity index is 1.66. The van der Waals surface area contributed by atoms with E-state index in [9.17, 15) is 14.4 Å². The maximum atomic E-state index is 12.6. The molecule has 0 aromatic carbocycles. The second-order valence-corrected chi connectivity index (χ2v) is 7.97.